The molecule has 2 aromatic carbocycles. The minimum atomic E-state index is -4.38. The molecule has 0 radical (unpaired) electrons. The maximum absolute atomic E-state index is 13.4. The standard InChI is InChI=1S/C26H24F3NO2S/c1-15(31)19-6-10-20(11-7-19)25(12-13-25)30-24(32)23-17(3)33-16(2)22(23)14-18-4-8-21(9-5-18)26(27,28)29/h4-11H,12-14H2,1-3H3,(H,30,32). The number of alkyl halides is 3. The normalized spacial score (nSPS) is 14.7. The first kappa shape index (κ1) is 23.2. The molecule has 0 spiro atoms. The predicted octanol–water partition coefficient (Wildman–Crippen LogP) is 6.60. The Kier molecular flexibility index (Phi) is 5.95. The van der Waals surface area contributed by atoms with Crippen molar-refractivity contribution < 1.29 is 22.8 Å². The lowest BCUT2D eigenvalue weighted by molar-refractivity contribution is -0.137. The Morgan fingerprint density at radius 1 is 0.970 bits per heavy atom. The van der Waals surface area contributed by atoms with Gasteiger partial charge < -0.3 is 5.32 Å². The van der Waals surface area contributed by atoms with Crippen LogP contribution in [0.1, 0.15) is 72.5 Å². The summed E-state index contributed by atoms with van der Waals surface area (Å²) < 4.78 is 38.6. The Morgan fingerprint density at radius 2 is 1.58 bits per heavy atom. The fourth-order valence-electron chi connectivity index (χ4n) is 4.17. The van der Waals surface area contributed by atoms with Crippen LogP contribution in [0.5, 0.6) is 0 Å². The molecule has 33 heavy (non-hydrogen) atoms. The summed E-state index contributed by atoms with van der Waals surface area (Å²) >= 11 is 1.52. The number of hydrogen-bond donors (Lipinski definition) is 1. The van der Waals surface area contributed by atoms with E-state index in [4.69, 9.17) is 0 Å². The third-order valence-corrected chi connectivity index (χ3v) is 7.28. The van der Waals surface area contributed by atoms with Gasteiger partial charge in [0.05, 0.1) is 16.7 Å². The quantitative estimate of drug-likeness (QED) is 0.412. The monoisotopic (exact) mass is 471 g/mol. The molecule has 1 saturated carbocycles. The number of amides is 1. The van der Waals surface area contributed by atoms with Crippen LogP contribution in [-0.2, 0) is 18.1 Å². The molecule has 0 bridgehead atoms. The topological polar surface area (TPSA) is 46.2 Å². The van der Waals surface area contributed by atoms with Crippen molar-refractivity contribution in [2.45, 2.75) is 51.7 Å². The van der Waals surface area contributed by atoms with Crippen molar-refractivity contribution in [3.05, 3.63) is 91.7 Å². The Morgan fingerprint density at radius 3 is 2.09 bits per heavy atom. The second kappa shape index (κ2) is 8.45. The minimum absolute atomic E-state index is 0.00675. The largest absolute Gasteiger partial charge is 0.416 e. The van der Waals surface area contributed by atoms with Gasteiger partial charge in [0.25, 0.3) is 5.91 Å². The Balaban J connectivity index is 1.57. The molecule has 1 aromatic heterocycles. The summed E-state index contributed by atoms with van der Waals surface area (Å²) in [7, 11) is 0. The summed E-state index contributed by atoms with van der Waals surface area (Å²) in [5.41, 5.74) is 2.63. The molecule has 4 rings (SSSR count). The third-order valence-electron chi connectivity index (χ3n) is 6.22. The van der Waals surface area contributed by atoms with Crippen LogP contribution in [0.4, 0.5) is 13.2 Å². The van der Waals surface area contributed by atoms with E-state index in [1.165, 1.54) is 30.4 Å². The zero-order valence-corrected chi connectivity index (χ0v) is 19.4. The number of hydrogen-bond acceptors (Lipinski definition) is 3. The maximum Gasteiger partial charge on any atom is 0.416 e. The van der Waals surface area contributed by atoms with Gasteiger partial charge in [-0.3, -0.25) is 9.59 Å². The van der Waals surface area contributed by atoms with Crippen molar-refractivity contribution in [3.63, 3.8) is 0 Å². The molecule has 0 unspecified atom stereocenters. The van der Waals surface area contributed by atoms with E-state index in [0.29, 0.717) is 17.5 Å². The molecular weight excluding hydrogens is 447 g/mol. The summed E-state index contributed by atoms with van der Waals surface area (Å²) in [4.78, 5) is 26.8. The lowest BCUT2D eigenvalue weighted by Crippen LogP contribution is -2.35. The van der Waals surface area contributed by atoms with Gasteiger partial charge in [-0.15, -0.1) is 11.3 Å². The van der Waals surface area contributed by atoms with E-state index in [1.807, 2.05) is 26.0 Å². The van der Waals surface area contributed by atoms with E-state index in [9.17, 15) is 22.8 Å². The number of nitrogens with one attached hydrogen (secondary N) is 1. The lowest BCUT2D eigenvalue weighted by Gasteiger charge is -2.19. The molecule has 1 fully saturated rings. The minimum Gasteiger partial charge on any atom is -0.342 e. The van der Waals surface area contributed by atoms with E-state index >= 15 is 0 Å². The number of thiophene rings is 1. The molecule has 3 aromatic rings. The number of aryl methyl sites for hydroxylation is 2. The molecule has 0 saturated heterocycles. The Hall–Kier alpha value is -2.93. The molecule has 0 aliphatic heterocycles. The lowest BCUT2D eigenvalue weighted by atomic mass is 9.97. The van der Waals surface area contributed by atoms with Crippen LogP contribution in [0.3, 0.4) is 0 Å². The average Bonchev–Trinajstić information content (AvgIpc) is 3.47. The van der Waals surface area contributed by atoms with E-state index in [1.54, 1.807) is 12.1 Å². The number of carbonyl (C=O) groups excluding carboxylic acids is 2. The van der Waals surface area contributed by atoms with Crippen LogP contribution in [0, 0.1) is 13.8 Å². The van der Waals surface area contributed by atoms with Gasteiger partial charge in [-0.1, -0.05) is 36.4 Å². The molecule has 1 aliphatic rings. The highest BCUT2D eigenvalue weighted by molar-refractivity contribution is 7.12. The maximum atomic E-state index is 13.4. The number of benzene rings is 2. The van der Waals surface area contributed by atoms with Crippen LogP contribution < -0.4 is 5.32 Å². The molecular formula is C26H24F3NO2S. The van der Waals surface area contributed by atoms with E-state index < -0.39 is 17.3 Å². The van der Waals surface area contributed by atoms with Gasteiger partial charge in [-0.25, -0.2) is 0 Å². The van der Waals surface area contributed by atoms with Gasteiger partial charge >= 0.3 is 6.18 Å². The van der Waals surface area contributed by atoms with Crippen molar-refractivity contribution in [2.75, 3.05) is 0 Å². The van der Waals surface area contributed by atoms with Crippen LogP contribution in [0.25, 0.3) is 0 Å². The third kappa shape index (κ3) is 4.74. The van der Waals surface area contributed by atoms with Gasteiger partial charge in [-0.05, 0) is 68.9 Å². The van der Waals surface area contributed by atoms with E-state index in [2.05, 4.69) is 5.32 Å². The van der Waals surface area contributed by atoms with Crippen molar-refractivity contribution >= 4 is 23.0 Å². The SMILES string of the molecule is CC(=O)c1ccc(C2(NC(=O)c3c(C)sc(C)c3Cc3ccc(C(F)(F)F)cc3)CC2)cc1. The molecule has 172 valence electrons. The molecule has 1 aliphatic carbocycles. The van der Waals surface area contributed by atoms with E-state index in [0.717, 1.165) is 51.4 Å². The summed E-state index contributed by atoms with van der Waals surface area (Å²) in [5.74, 6) is -0.181. The molecule has 1 N–H and O–H groups in total. The van der Waals surface area contributed by atoms with Gasteiger partial charge in [0.1, 0.15) is 0 Å². The van der Waals surface area contributed by atoms with Gasteiger partial charge in [0.15, 0.2) is 5.78 Å². The first-order chi connectivity index (χ1) is 15.5. The first-order valence-corrected chi connectivity index (χ1v) is 11.5. The fraction of sp³-hybridized carbons (Fsp3) is 0.308. The van der Waals surface area contributed by atoms with Gasteiger partial charge in [-0.2, -0.15) is 13.2 Å². The highest BCUT2D eigenvalue weighted by Crippen LogP contribution is 2.46. The number of halogens is 3. The summed E-state index contributed by atoms with van der Waals surface area (Å²) in [6.07, 6.45) is -2.36. The first-order valence-electron chi connectivity index (χ1n) is 10.7. The summed E-state index contributed by atoms with van der Waals surface area (Å²) in [6, 6.07) is 12.4. The van der Waals surface area contributed by atoms with Crippen LogP contribution in [0.2, 0.25) is 0 Å². The summed E-state index contributed by atoms with van der Waals surface area (Å²) in [5, 5.41) is 3.19. The van der Waals surface area contributed by atoms with Crippen LogP contribution in [-0.4, -0.2) is 11.7 Å². The van der Waals surface area contributed by atoms with Crippen molar-refractivity contribution in [1.82, 2.24) is 5.32 Å². The average molecular weight is 472 g/mol. The number of Topliss-reactive ketones (excluding diaryl/α,β-unsaturated/α-hetero) is 1. The highest BCUT2D eigenvalue weighted by atomic mass is 32.1. The number of ketones is 1. The van der Waals surface area contributed by atoms with Gasteiger partial charge in [0.2, 0.25) is 0 Å². The zero-order valence-electron chi connectivity index (χ0n) is 18.6. The van der Waals surface area contributed by atoms with Gasteiger partial charge in [0, 0.05) is 15.3 Å². The smallest absolute Gasteiger partial charge is 0.342 e. The molecule has 0 atom stereocenters. The second-order valence-electron chi connectivity index (χ2n) is 8.61. The molecule has 1 amide bonds. The van der Waals surface area contributed by atoms with Crippen molar-refractivity contribution in [3.8, 4) is 0 Å². The Labute approximate surface area is 194 Å². The fourth-order valence-corrected chi connectivity index (χ4v) is 5.25. The van der Waals surface area contributed by atoms with Crippen molar-refractivity contribution in [1.29, 1.82) is 0 Å². The van der Waals surface area contributed by atoms with Crippen LogP contribution in [0.15, 0.2) is 48.5 Å². The van der Waals surface area contributed by atoms with Crippen LogP contribution >= 0.6 is 11.3 Å². The number of carbonyl (C=O) groups is 2. The molecule has 1 heterocycles. The second-order valence-corrected chi connectivity index (χ2v) is 10.0. The zero-order chi connectivity index (χ0) is 24.0. The predicted molar refractivity (Wildman–Crippen MR) is 123 cm³/mol. The highest BCUT2D eigenvalue weighted by Gasteiger charge is 2.46. The Bertz CT molecular complexity index is 1200. The van der Waals surface area contributed by atoms with Crippen molar-refractivity contribution in [2.24, 2.45) is 0 Å². The molecule has 7 heteroatoms. The number of rotatable bonds is 6. The van der Waals surface area contributed by atoms with E-state index in [-0.39, 0.29) is 11.7 Å². The molecule has 3 nitrogen and oxygen atoms in total. The summed E-state index contributed by atoms with van der Waals surface area (Å²) in [6.45, 7) is 5.34.